The molecule has 0 saturated carbocycles. The van der Waals surface area contributed by atoms with Crippen molar-refractivity contribution in [1.29, 1.82) is 0 Å². The number of carbonyl (C=O) groups excluding carboxylic acids is 5. The number of nitrogens with zero attached hydrogens (tertiary/aromatic N) is 2. The van der Waals surface area contributed by atoms with Gasteiger partial charge in [-0.1, -0.05) is 0 Å². The zero-order chi connectivity index (χ0) is 28.3. The second-order valence-electron chi connectivity index (χ2n) is 8.22. The number of hydrogen-bond acceptors (Lipinski definition) is 10. The third kappa shape index (κ3) is 5.88. The van der Waals surface area contributed by atoms with Gasteiger partial charge >= 0.3 is 5.97 Å². The first-order chi connectivity index (χ1) is 17.9. The van der Waals surface area contributed by atoms with Gasteiger partial charge in [-0.05, 0) is 78.6 Å². The summed E-state index contributed by atoms with van der Waals surface area (Å²) < 4.78 is 16.8. The molecule has 2 aliphatic heterocycles. The minimum atomic E-state index is -1.48. The van der Waals surface area contributed by atoms with Crippen molar-refractivity contribution in [2.75, 3.05) is 33.9 Å². The number of carbonyl (C=O) groups is 5. The maximum absolute atomic E-state index is 13.4. The highest BCUT2D eigenvalue weighted by molar-refractivity contribution is 14.1. The molecule has 3 rings (SSSR count). The SMILES string of the molecule is CCOC(=O)COc1c(I)cc(C([C@@H]2C(=O)NC(=S)N(C)C2=O)[C@@H]2C(=O)NC(=S)N(C)C2=O)cc1OCC. The van der Waals surface area contributed by atoms with Crippen LogP contribution in [0.3, 0.4) is 0 Å². The molecule has 0 aliphatic carbocycles. The Balaban J connectivity index is 2.17. The van der Waals surface area contributed by atoms with Crippen LogP contribution in [0.1, 0.15) is 25.3 Å². The molecule has 0 aromatic heterocycles. The summed E-state index contributed by atoms with van der Waals surface area (Å²) in [4.78, 5) is 67.0. The number of esters is 1. The molecule has 12 nitrogen and oxygen atoms in total. The third-order valence-corrected chi connectivity index (χ3v) is 7.46. The molecule has 4 amide bonds. The van der Waals surface area contributed by atoms with E-state index in [-0.39, 0.29) is 47.1 Å². The lowest BCUT2D eigenvalue weighted by molar-refractivity contribution is -0.147. The molecule has 1 aromatic carbocycles. The number of rotatable bonds is 9. The van der Waals surface area contributed by atoms with Gasteiger partial charge in [0, 0.05) is 20.0 Å². The van der Waals surface area contributed by atoms with Crippen LogP contribution in [0, 0.1) is 15.4 Å². The summed E-state index contributed by atoms with van der Waals surface area (Å²) in [6, 6.07) is 3.05. The van der Waals surface area contributed by atoms with E-state index in [0.29, 0.717) is 3.57 Å². The predicted octanol–water partition coefficient (Wildman–Crippen LogP) is 0.694. The highest BCUT2D eigenvalue weighted by atomic mass is 127. The molecular weight excluding hydrogens is 651 g/mol. The molecule has 204 valence electrons. The standard InChI is InChI=1S/C23H25IN4O8S2/c1-5-34-12-8-10(7-11(24)17(12)36-9-13(29)35-6-2)14(15-18(30)25-22(37)27(3)20(15)32)16-19(31)26-23(38)28(4)21(16)33/h7-8,14-16H,5-6,9H2,1-4H3,(H,25,30,37)(H,26,31,38)/t15-,16-/m1/s1. The van der Waals surface area contributed by atoms with Crippen LogP contribution in [0.15, 0.2) is 12.1 Å². The number of nitrogens with one attached hydrogen (secondary N) is 2. The van der Waals surface area contributed by atoms with Crippen LogP contribution in [0.5, 0.6) is 11.5 Å². The van der Waals surface area contributed by atoms with Gasteiger partial charge in [0.05, 0.1) is 16.8 Å². The fraction of sp³-hybridized carbons (Fsp3) is 0.435. The summed E-state index contributed by atoms with van der Waals surface area (Å²) >= 11 is 12.1. The molecular formula is C23H25IN4O8S2. The smallest absolute Gasteiger partial charge is 0.344 e. The Morgan fingerprint density at radius 2 is 1.47 bits per heavy atom. The fourth-order valence-electron chi connectivity index (χ4n) is 4.10. The van der Waals surface area contributed by atoms with Gasteiger partial charge in [-0.25, -0.2) is 4.79 Å². The van der Waals surface area contributed by atoms with Gasteiger partial charge in [0.1, 0.15) is 11.8 Å². The van der Waals surface area contributed by atoms with Crippen molar-refractivity contribution >= 4 is 86.8 Å². The molecule has 2 heterocycles. The van der Waals surface area contributed by atoms with E-state index in [2.05, 4.69) is 10.6 Å². The lowest BCUT2D eigenvalue weighted by Crippen LogP contribution is -2.62. The molecule has 0 spiro atoms. The molecule has 0 unspecified atom stereocenters. The molecule has 38 heavy (non-hydrogen) atoms. The topological polar surface area (TPSA) is 144 Å². The Hall–Kier alpha value is -2.92. The van der Waals surface area contributed by atoms with Crippen molar-refractivity contribution in [2.45, 2.75) is 19.8 Å². The molecule has 2 atom stereocenters. The number of thiocarbonyl (C=S) groups is 2. The summed E-state index contributed by atoms with van der Waals surface area (Å²) in [6.07, 6.45) is 0. The lowest BCUT2D eigenvalue weighted by Gasteiger charge is -2.39. The van der Waals surface area contributed by atoms with E-state index >= 15 is 0 Å². The van der Waals surface area contributed by atoms with E-state index in [4.69, 9.17) is 38.6 Å². The average molecular weight is 677 g/mol. The molecule has 2 saturated heterocycles. The minimum Gasteiger partial charge on any atom is -0.490 e. The lowest BCUT2D eigenvalue weighted by atomic mass is 9.73. The van der Waals surface area contributed by atoms with E-state index in [1.807, 2.05) is 22.6 Å². The van der Waals surface area contributed by atoms with Crippen molar-refractivity contribution in [3.63, 3.8) is 0 Å². The number of amides is 4. The summed E-state index contributed by atoms with van der Waals surface area (Å²) in [5, 5.41) is 4.74. The minimum absolute atomic E-state index is 0.0972. The van der Waals surface area contributed by atoms with Crippen LogP contribution >= 0.6 is 47.0 Å². The van der Waals surface area contributed by atoms with E-state index in [9.17, 15) is 24.0 Å². The third-order valence-electron chi connectivity index (χ3n) is 5.90. The maximum Gasteiger partial charge on any atom is 0.344 e. The van der Waals surface area contributed by atoms with Crippen LogP contribution in [-0.4, -0.2) is 83.5 Å². The van der Waals surface area contributed by atoms with Crippen LogP contribution in [0.25, 0.3) is 0 Å². The normalized spacial score (nSPS) is 19.9. The van der Waals surface area contributed by atoms with Gasteiger partial charge in [-0.2, -0.15) is 0 Å². The van der Waals surface area contributed by atoms with Crippen LogP contribution in [-0.2, 0) is 28.7 Å². The second-order valence-corrected chi connectivity index (χ2v) is 10.2. The Labute approximate surface area is 242 Å². The van der Waals surface area contributed by atoms with Gasteiger partial charge < -0.3 is 24.8 Å². The first kappa shape index (κ1) is 29.6. The Morgan fingerprint density at radius 1 is 0.947 bits per heavy atom. The van der Waals surface area contributed by atoms with E-state index in [1.165, 1.54) is 20.2 Å². The Morgan fingerprint density at radius 3 is 1.95 bits per heavy atom. The van der Waals surface area contributed by atoms with Crippen molar-refractivity contribution in [3.8, 4) is 11.5 Å². The van der Waals surface area contributed by atoms with Crippen LogP contribution in [0.2, 0.25) is 0 Å². The monoisotopic (exact) mass is 676 g/mol. The van der Waals surface area contributed by atoms with Crippen LogP contribution < -0.4 is 20.1 Å². The quantitative estimate of drug-likeness (QED) is 0.166. The number of halogens is 1. The molecule has 2 N–H and O–H groups in total. The summed E-state index contributed by atoms with van der Waals surface area (Å²) in [5.41, 5.74) is 0.283. The van der Waals surface area contributed by atoms with Crippen molar-refractivity contribution < 1.29 is 38.2 Å². The Bertz CT molecular complexity index is 1170. The summed E-state index contributed by atoms with van der Waals surface area (Å²) in [5.74, 6) is -7.29. The van der Waals surface area contributed by atoms with Gasteiger partial charge in [-0.3, -0.25) is 29.0 Å². The van der Waals surface area contributed by atoms with Crippen LogP contribution in [0.4, 0.5) is 0 Å². The van der Waals surface area contributed by atoms with Crippen molar-refractivity contribution in [3.05, 3.63) is 21.3 Å². The van der Waals surface area contributed by atoms with Crippen molar-refractivity contribution in [2.24, 2.45) is 11.8 Å². The molecule has 15 heteroatoms. The largest absolute Gasteiger partial charge is 0.490 e. The zero-order valence-corrected chi connectivity index (χ0v) is 24.7. The fourth-order valence-corrected chi connectivity index (χ4v) is 5.27. The highest BCUT2D eigenvalue weighted by Crippen LogP contribution is 2.43. The first-order valence-electron chi connectivity index (χ1n) is 11.4. The second kappa shape index (κ2) is 12.3. The predicted molar refractivity (Wildman–Crippen MR) is 149 cm³/mol. The molecule has 0 bridgehead atoms. The van der Waals surface area contributed by atoms with Gasteiger partial charge in [0.25, 0.3) is 0 Å². The molecule has 2 fully saturated rings. The van der Waals surface area contributed by atoms with E-state index < -0.39 is 47.4 Å². The number of benzene rings is 1. The van der Waals surface area contributed by atoms with Crippen molar-refractivity contribution in [1.82, 2.24) is 20.4 Å². The van der Waals surface area contributed by atoms with Gasteiger partial charge in [-0.15, -0.1) is 0 Å². The van der Waals surface area contributed by atoms with E-state index in [1.54, 1.807) is 19.9 Å². The number of ether oxygens (including phenoxy) is 3. The molecule has 0 radical (unpaired) electrons. The molecule has 2 aliphatic rings. The summed E-state index contributed by atoms with van der Waals surface area (Å²) in [7, 11) is 2.78. The van der Waals surface area contributed by atoms with Gasteiger partial charge in [0.15, 0.2) is 28.3 Å². The summed E-state index contributed by atoms with van der Waals surface area (Å²) in [6.45, 7) is 3.41. The maximum atomic E-state index is 13.4. The average Bonchev–Trinajstić information content (AvgIpc) is 2.84. The number of hydrogen-bond donors (Lipinski definition) is 2. The Kier molecular flexibility index (Phi) is 9.59. The highest BCUT2D eigenvalue weighted by Gasteiger charge is 2.52. The zero-order valence-electron chi connectivity index (χ0n) is 20.9. The molecule has 1 aromatic rings. The first-order valence-corrected chi connectivity index (χ1v) is 13.3. The van der Waals surface area contributed by atoms with E-state index in [0.717, 1.165) is 9.80 Å². The van der Waals surface area contributed by atoms with Gasteiger partial charge in [0.2, 0.25) is 23.6 Å².